The van der Waals surface area contributed by atoms with E-state index >= 15 is 0 Å². The van der Waals surface area contributed by atoms with Crippen molar-refractivity contribution < 1.29 is 27.1 Å². The van der Waals surface area contributed by atoms with Crippen molar-refractivity contribution in [2.45, 2.75) is 0 Å². The maximum absolute atomic E-state index is 11.5. The average molecular weight is 261 g/mol. The van der Waals surface area contributed by atoms with Gasteiger partial charge < -0.3 is 4.18 Å². The third kappa shape index (κ3) is 3.49. The molecule has 7 nitrogen and oxygen atoms in total. The van der Waals surface area contributed by atoms with E-state index in [0.29, 0.717) is 0 Å². The lowest BCUT2D eigenvalue weighted by Crippen LogP contribution is -2.32. The summed E-state index contributed by atoms with van der Waals surface area (Å²) in [4.78, 5) is 20.2. The molecule has 0 aliphatic rings. The van der Waals surface area contributed by atoms with Gasteiger partial charge in [-0.15, -0.1) is 0 Å². The molecule has 0 spiro atoms. The molecule has 0 unspecified atom stereocenters. The molecule has 1 rings (SSSR count). The predicted octanol–water partition coefficient (Wildman–Crippen LogP) is 0.513. The van der Waals surface area contributed by atoms with Crippen molar-refractivity contribution >= 4 is 16.3 Å². The number of carbonyl (C=O) groups excluding carboxylic acids is 1. The van der Waals surface area contributed by atoms with Crippen molar-refractivity contribution in [2.24, 2.45) is 0 Å². The van der Waals surface area contributed by atoms with Crippen molar-refractivity contribution in [3.63, 3.8) is 0 Å². The molecule has 0 amide bonds. The van der Waals surface area contributed by atoms with Gasteiger partial charge >= 0.3 is 16.3 Å². The maximum atomic E-state index is 11.5. The molecule has 0 aromatic heterocycles. The second kappa shape index (κ2) is 5.73. The summed E-state index contributed by atoms with van der Waals surface area (Å²) < 4.78 is 27.2. The molecule has 8 heteroatoms. The quantitative estimate of drug-likeness (QED) is 0.718. The van der Waals surface area contributed by atoms with Crippen LogP contribution < -0.4 is 0 Å². The first-order chi connectivity index (χ1) is 8.01. The zero-order chi connectivity index (χ0) is 12.9. The number of nitrogens with zero attached hydrogens (tertiary/aromatic N) is 1. The van der Waals surface area contributed by atoms with E-state index in [1.165, 1.54) is 12.1 Å². The lowest BCUT2D eigenvalue weighted by Gasteiger charge is -2.14. The molecule has 0 saturated carbocycles. The Morgan fingerprint density at radius 3 is 2.12 bits per heavy atom. The third-order valence-corrected chi connectivity index (χ3v) is 2.70. The molecule has 0 fully saturated rings. The SMILES string of the molecule is CON(OC)S(=O)(=O)OC(=O)c1ccccc1. The van der Waals surface area contributed by atoms with Crippen molar-refractivity contribution in [3.05, 3.63) is 35.9 Å². The van der Waals surface area contributed by atoms with Crippen molar-refractivity contribution in [3.8, 4) is 0 Å². The van der Waals surface area contributed by atoms with Gasteiger partial charge in [0, 0.05) is 0 Å². The zero-order valence-corrected chi connectivity index (χ0v) is 10.0. The second-order valence-corrected chi connectivity index (χ2v) is 4.07. The van der Waals surface area contributed by atoms with Crippen LogP contribution in [-0.2, 0) is 24.2 Å². The fourth-order valence-electron chi connectivity index (χ4n) is 1.01. The molecule has 94 valence electrons. The van der Waals surface area contributed by atoms with Gasteiger partial charge in [0.25, 0.3) is 0 Å². The molecule has 0 radical (unpaired) electrons. The number of hydrogen-bond acceptors (Lipinski definition) is 6. The zero-order valence-electron chi connectivity index (χ0n) is 9.19. The summed E-state index contributed by atoms with van der Waals surface area (Å²) in [6.07, 6.45) is 0. The minimum atomic E-state index is -4.43. The van der Waals surface area contributed by atoms with Gasteiger partial charge in [0.05, 0.1) is 24.4 Å². The number of carbonyl (C=O) groups is 1. The normalized spacial score (nSPS) is 11.5. The highest BCUT2D eigenvalue weighted by Crippen LogP contribution is 2.08. The molecule has 0 heterocycles. The predicted molar refractivity (Wildman–Crippen MR) is 56.6 cm³/mol. The third-order valence-electron chi connectivity index (χ3n) is 1.67. The first-order valence-electron chi connectivity index (χ1n) is 4.43. The highest BCUT2D eigenvalue weighted by molar-refractivity contribution is 7.84. The van der Waals surface area contributed by atoms with Gasteiger partial charge in [0.1, 0.15) is 0 Å². The molecule has 0 N–H and O–H groups in total. The lowest BCUT2D eigenvalue weighted by molar-refractivity contribution is -0.275. The van der Waals surface area contributed by atoms with Gasteiger partial charge in [-0.1, -0.05) is 18.2 Å². The topological polar surface area (TPSA) is 82.1 Å². The summed E-state index contributed by atoms with van der Waals surface area (Å²) in [5, 5.41) is 0. The second-order valence-electron chi connectivity index (χ2n) is 2.75. The number of benzene rings is 1. The van der Waals surface area contributed by atoms with Crippen molar-refractivity contribution in [2.75, 3.05) is 14.2 Å². The Labute approximate surface area is 98.7 Å². The number of rotatable bonds is 5. The maximum Gasteiger partial charge on any atom is 0.434 e. The summed E-state index contributed by atoms with van der Waals surface area (Å²) in [6, 6.07) is 7.67. The van der Waals surface area contributed by atoms with Gasteiger partial charge in [0.2, 0.25) is 0 Å². The molecule has 0 saturated heterocycles. The summed E-state index contributed by atoms with van der Waals surface area (Å²) in [7, 11) is -2.32. The Bertz CT molecular complexity index is 468. The van der Waals surface area contributed by atoms with E-state index in [2.05, 4.69) is 13.9 Å². The first-order valence-corrected chi connectivity index (χ1v) is 5.80. The molecular weight excluding hydrogens is 250 g/mol. The molecule has 0 aliphatic carbocycles. The smallest absolute Gasteiger partial charge is 0.326 e. The minimum Gasteiger partial charge on any atom is -0.326 e. The summed E-state index contributed by atoms with van der Waals surface area (Å²) in [6.45, 7) is 0. The van der Waals surface area contributed by atoms with Crippen LogP contribution in [0.25, 0.3) is 0 Å². The Hall–Kier alpha value is -1.48. The Kier molecular flexibility index (Phi) is 4.58. The van der Waals surface area contributed by atoms with Crippen LogP contribution in [0.15, 0.2) is 30.3 Å². The van der Waals surface area contributed by atoms with E-state index in [1.54, 1.807) is 18.2 Å². The van der Waals surface area contributed by atoms with Crippen LogP contribution in [0, 0.1) is 0 Å². The van der Waals surface area contributed by atoms with Gasteiger partial charge in [-0.3, -0.25) is 9.68 Å². The van der Waals surface area contributed by atoms with Crippen LogP contribution in [0.5, 0.6) is 0 Å². The van der Waals surface area contributed by atoms with Gasteiger partial charge in [-0.2, -0.15) is 8.42 Å². The molecule has 1 aromatic rings. The van der Waals surface area contributed by atoms with Crippen LogP contribution in [0.1, 0.15) is 10.4 Å². The van der Waals surface area contributed by atoms with Crippen molar-refractivity contribution in [1.29, 1.82) is 0 Å². The van der Waals surface area contributed by atoms with Crippen molar-refractivity contribution in [1.82, 2.24) is 4.63 Å². The molecule has 0 bridgehead atoms. The molecule has 0 aliphatic heterocycles. The van der Waals surface area contributed by atoms with Crippen LogP contribution >= 0.6 is 0 Å². The van der Waals surface area contributed by atoms with E-state index in [9.17, 15) is 13.2 Å². The fraction of sp³-hybridized carbons (Fsp3) is 0.222. The van der Waals surface area contributed by atoms with Gasteiger partial charge in [0.15, 0.2) is 0 Å². The molecule has 17 heavy (non-hydrogen) atoms. The van der Waals surface area contributed by atoms with Crippen LogP contribution in [0.4, 0.5) is 0 Å². The van der Waals surface area contributed by atoms with Gasteiger partial charge in [-0.05, 0) is 12.1 Å². The molecular formula is C9H11NO6S. The summed E-state index contributed by atoms with van der Waals surface area (Å²) >= 11 is 0. The van der Waals surface area contributed by atoms with Gasteiger partial charge in [-0.25, -0.2) is 4.79 Å². The Morgan fingerprint density at radius 2 is 1.65 bits per heavy atom. The number of hydrogen-bond donors (Lipinski definition) is 0. The largest absolute Gasteiger partial charge is 0.434 e. The van der Waals surface area contributed by atoms with Crippen LogP contribution in [0.3, 0.4) is 0 Å². The Balaban J connectivity index is 2.82. The monoisotopic (exact) mass is 261 g/mol. The lowest BCUT2D eigenvalue weighted by atomic mass is 10.2. The van der Waals surface area contributed by atoms with E-state index in [4.69, 9.17) is 0 Å². The van der Waals surface area contributed by atoms with E-state index in [1.807, 2.05) is 0 Å². The summed E-state index contributed by atoms with van der Waals surface area (Å²) in [5.41, 5.74) is 0.100. The molecule has 0 atom stereocenters. The highest BCUT2D eigenvalue weighted by atomic mass is 32.2. The van der Waals surface area contributed by atoms with Crippen LogP contribution in [-0.4, -0.2) is 33.2 Å². The minimum absolute atomic E-state index is 0.0772. The standard InChI is InChI=1S/C9H11NO6S/c1-14-10(15-2)17(12,13)16-9(11)8-6-4-3-5-7-8/h3-7H,1-2H3. The molecule has 1 aromatic carbocycles. The Morgan fingerprint density at radius 1 is 1.12 bits per heavy atom. The summed E-state index contributed by atoms with van der Waals surface area (Å²) in [5.74, 6) is -1.02. The fourth-order valence-corrected chi connectivity index (χ4v) is 1.72. The first kappa shape index (κ1) is 13.6. The highest BCUT2D eigenvalue weighted by Gasteiger charge is 2.28. The average Bonchev–Trinajstić information content (AvgIpc) is 2.30. The van der Waals surface area contributed by atoms with Crippen LogP contribution in [0.2, 0.25) is 0 Å². The van der Waals surface area contributed by atoms with E-state index in [0.717, 1.165) is 14.2 Å². The van der Waals surface area contributed by atoms with E-state index in [-0.39, 0.29) is 10.2 Å². The van der Waals surface area contributed by atoms with E-state index < -0.39 is 16.3 Å².